The highest BCUT2D eigenvalue weighted by molar-refractivity contribution is 6.31. The van der Waals surface area contributed by atoms with Gasteiger partial charge in [0, 0.05) is 60.1 Å². The van der Waals surface area contributed by atoms with Gasteiger partial charge in [-0.05, 0) is 55.8 Å². The fraction of sp³-hybridized carbons (Fsp3) is 0.345. The van der Waals surface area contributed by atoms with Crippen LogP contribution in [0.3, 0.4) is 0 Å². The van der Waals surface area contributed by atoms with Crippen molar-refractivity contribution < 1.29 is 19.1 Å². The van der Waals surface area contributed by atoms with Gasteiger partial charge in [0.1, 0.15) is 0 Å². The molecule has 10 heteroatoms. The molecular formula is C29H32Cl2N4O4. The van der Waals surface area contributed by atoms with Gasteiger partial charge < -0.3 is 15.0 Å². The maximum atomic E-state index is 13.4. The van der Waals surface area contributed by atoms with Gasteiger partial charge >= 0.3 is 12.0 Å². The van der Waals surface area contributed by atoms with Gasteiger partial charge in [-0.2, -0.15) is 0 Å². The lowest BCUT2D eigenvalue weighted by atomic mass is 9.94. The number of amides is 3. The zero-order valence-electron chi connectivity index (χ0n) is 22.0. The molecule has 0 aliphatic carbocycles. The number of carbonyl (C=O) groups is 3. The van der Waals surface area contributed by atoms with Gasteiger partial charge in [-0.25, -0.2) is 9.59 Å². The van der Waals surface area contributed by atoms with Gasteiger partial charge in [-0.3, -0.25) is 14.6 Å². The van der Waals surface area contributed by atoms with E-state index >= 15 is 0 Å². The molecule has 1 fully saturated rings. The second-order valence-corrected chi connectivity index (χ2v) is 10.4. The number of hydrogen-bond donors (Lipinski definition) is 1. The van der Waals surface area contributed by atoms with Crippen molar-refractivity contribution in [3.8, 4) is 0 Å². The van der Waals surface area contributed by atoms with Crippen LogP contribution in [0.2, 0.25) is 10.0 Å². The highest BCUT2D eigenvalue weighted by Gasteiger charge is 2.39. The topological polar surface area (TPSA) is 82.2 Å². The van der Waals surface area contributed by atoms with Crippen LogP contribution in [0.15, 0.2) is 72.5 Å². The first kappa shape index (κ1) is 28.7. The van der Waals surface area contributed by atoms with E-state index in [0.717, 1.165) is 0 Å². The SMILES string of the molecule is C=CCN1C(=O)N[C@H](c2cccc(Cl)c2)C(C(=O)OCC)=C1CN1CCN(C(=O)c2ccc(Cl)cc2)[C@H](C)C1. The predicted molar refractivity (Wildman–Crippen MR) is 152 cm³/mol. The van der Waals surface area contributed by atoms with E-state index in [2.05, 4.69) is 16.8 Å². The van der Waals surface area contributed by atoms with E-state index in [1.807, 2.05) is 17.9 Å². The minimum atomic E-state index is -0.725. The van der Waals surface area contributed by atoms with Gasteiger partial charge in [0.15, 0.2) is 0 Å². The Morgan fingerprint density at radius 1 is 1.13 bits per heavy atom. The van der Waals surface area contributed by atoms with E-state index in [4.69, 9.17) is 27.9 Å². The van der Waals surface area contributed by atoms with Crippen LogP contribution in [-0.4, -0.2) is 78.0 Å². The van der Waals surface area contributed by atoms with Crippen LogP contribution < -0.4 is 5.32 Å². The lowest BCUT2D eigenvalue weighted by Gasteiger charge is -2.43. The van der Waals surface area contributed by atoms with Crippen LogP contribution in [-0.2, 0) is 9.53 Å². The molecule has 4 rings (SSSR count). The summed E-state index contributed by atoms with van der Waals surface area (Å²) < 4.78 is 5.46. The van der Waals surface area contributed by atoms with Crippen molar-refractivity contribution in [3.63, 3.8) is 0 Å². The van der Waals surface area contributed by atoms with E-state index < -0.39 is 12.0 Å². The van der Waals surface area contributed by atoms with Gasteiger partial charge in [-0.15, -0.1) is 6.58 Å². The van der Waals surface area contributed by atoms with Crippen LogP contribution in [0.25, 0.3) is 0 Å². The first-order valence-electron chi connectivity index (χ1n) is 12.9. The van der Waals surface area contributed by atoms with E-state index in [9.17, 15) is 14.4 Å². The Morgan fingerprint density at radius 3 is 2.51 bits per heavy atom. The standard InChI is InChI=1S/C29H32Cl2N4O4/c1-4-13-35-24(18-33-14-15-34(19(3)17-33)27(36)20-9-11-22(30)12-10-20)25(28(37)39-5-2)26(32-29(35)38)21-7-6-8-23(31)16-21/h4,6-12,16,19,26H,1,5,13-15,17-18H2,2-3H3,(H,32,38)/t19-,26-/m1/s1. The summed E-state index contributed by atoms with van der Waals surface area (Å²) in [5.41, 5.74) is 2.17. The van der Waals surface area contributed by atoms with Gasteiger partial charge in [0.2, 0.25) is 0 Å². The molecule has 0 unspecified atom stereocenters. The molecule has 2 atom stereocenters. The monoisotopic (exact) mass is 570 g/mol. The third-order valence-corrected chi connectivity index (χ3v) is 7.35. The van der Waals surface area contributed by atoms with Crippen LogP contribution in [0.5, 0.6) is 0 Å². The molecule has 2 aliphatic heterocycles. The van der Waals surface area contributed by atoms with Crippen molar-refractivity contribution in [2.45, 2.75) is 25.9 Å². The Balaban J connectivity index is 1.65. The fourth-order valence-corrected chi connectivity index (χ4v) is 5.35. The minimum absolute atomic E-state index is 0.0587. The molecule has 2 aromatic rings. The zero-order chi connectivity index (χ0) is 28.1. The van der Waals surface area contributed by atoms with Crippen LogP contribution in [0, 0.1) is 0 Å². The average Bonchev–Trinajstić information content (AvgIpc) is 2.90. The molecule has 2 heterocycles. The summed E-state index contributed by atoms with van der Waals surface area (Å²) in [6.07, 6.45) is 1.62. The molecule has 1 saturated heterocycles. The van der Waals surface area contributed by atoms with Gasteiger partial charge in [-0.1, -0.05) is 41.4 Å². The Labute approximate surface area is 238 Å². The Morgan fingerprint density at radius 2 is 1.87 bits per heavy atom. The third-order valence-electron chi connectivity index (χ3n) is 6.86. The summed E-state index contributed by atoms with van der Waals surface area (Å²) >= 11 is 12.2. The number of halogens is 2. The highest BCUT2D eigenvalue weighted by Crippen LogP contribution is 2.33. The molecule has 8 nitrogen and oxygen atoms in total. The second-order valence-electron chi connectivity index (χ2n) is 9.51. The summed E-state index contributed by atoms with van der Waals surface area (Å²) in [5, 5.41) is 4.02. The zero-order valence-corrected chi connectivity index (χ0v) is 23.5. The Bertz CT molecular complexity index is 1280. The van der Waals surface area contributed by atoms with E-state index in [1.54, 1.807) is 55.5 Å². The van der Waals surface area contributed by atoms with Crippen molar-refractivity contribution in [2.24, 2.45) is 0 Å². The largest absolute Gasteiger partial charge is 0.463 e. The molecule has 0 aromatic heterocycles. The summed E-state index contributed by atoms with van der Waals surface area (Å²) in [4.78, 5) is 45.3. The molecule has 3 amide bonds. The van der Waals surface area contributed by atoms with E-state index in [1.165, 1.54) is 4.90 Å². The molecule has 1 N–H and O–H groups in total. The van der Waals surface area contributed by atoms with Crippen molar-refractivity contribution in [1.82, 2.24) is 20.0 Å². The summed E-state index contributed by atoms with van der Waals surface area (Å²) in [6, 6.07) is 12.8. The fourth-order valence-electron chi connectivity index (χ4n) is 5.03. The molecule has 2 aromatic carbocycles. The smallest absolute Gasteiger partial charge is 0.338 e. The van der Waals surface area contributed by atoms with Crippen molar-refractivity contribution >= 4 is 41.1 Å². The average molecular weight is 572 g/mol. The number of urea groups is 1. The number of piperazine rings is 1. The summed E-state index contributed by atoms with van der Waals surface area (Å²) in [6.45, 7) is 9.88. The number of hydrogen-bond acceptors (Lipinski definition) is 5. The second kappa shape index (κ2) is 12.7. The van der Waals surface area contributed by atoms with Crippen LogP contribution in [0.4, 0.5) is 4.79 Å². The third kappa shape index (κ3) is 6.46. The molecule has 206 valence electrons. The molecular weight excluding hydrogens is 539 g/mol. The molecule has 39 heavy (non-hydrogen) atoms. The number of nitrogens with one attached hydrogen (secondary N) is 1. The Kier molecular flexibility index (Phi) is 9.32. The van der Waals surface area contributed by atoms with Crippen molar-refractivity contribution in [2.75, 3.05) is 39.3 Å². The van der Waals surface area contributed by atoms with Crippen LogP contribution >= 0.6 is 23.2 Å². The minimum Gasteiger partial charge on any atom is -0.463 e. The molecule has 0 bridgehead atoms. The molecule has 2 aliphatic rings. The first-order chi connectivity index (χ1) is 18.7. The molecule has 0 spiro atoms. The number of ether oxygens (including phenoxy) is 1. The quantitative estimate of drug-likeness (QED) is 0.360. The summed E-state index contributed by atoms with van der Waals surface area (Å²) in [5.74, 6) is -0.562. The number of esters is 1. The first-order valence-corrected chi connectivity index (χ1v) is 13.6. The number of nitrogens with zero attached hydrogens (tertiary/aromatic N) is 3. The number of carbonyl (C=O) groups excluding carboxylic acids is 3. The number of benzene rings is 2. The Hall–Kier alpha value is -3.33. The normalized spacial score (nSPS) is 20.1. The van der Waals surface area contributed by atoms with Crippen molar-refractivity contribution in [3.05, 3.63) is 93.6 Å². The molecule has 0 radical (unpaired) electrons. The maximum absolute atomic E-state index is 13.4. The maximum Gasteiger partial charge on any atom is 0.338 e. The van der Waals surface area contributed by atoms with Crippen molar-refractivity contribution in [1.29, 1.82) is 0 Å². The van der Waals surface area contributed by atoms with E-state index in [0.29, 0.717) is 58.6 Å². The predicted octanol–water partition coefficient (Wildman–Crippen LogP) is 4.91. The van der Waals surface area contributed by atoms with Crippen LogP contribution in [0.1, 0.15) is 35.8 Å². The van der Waals surface area contributed by atoms with E-state index in [-0.39, 0.29) is 31.1 Å². The lowest BCUT2D eigenvalue weighted by Crippen LogP contribution is -2.56. The number of rotatable bonds is 8. The summed E-state index contributed by atoms with van der Waals surface area (Å²) in [7, 11) is 0. The highest BCUT2D eigenvalue weighted by atomic mass is 35.5. The van der Waals surface area contributed by atoms with Gasteiger partial charge in [0.05, 0.1) is 18.2 Å². The van der Waals surface area contributed by atoms with Gasteiger partial charge in [0.25, 0.3) is 5.91 Å². The lowest BCUT2D eigenvalue weighted by molar-refractivity contribution is -0.139. The molecule has 0 saturated carbocycles.